The van der Waals surface area contributed by atoms with E-state index in [0.29, 0.717) is 28.5 Å². The second kappa shape index (κ2) is 9.01. The van der Waals surface area contributed by atoms with Crippen LogP contribution in [0.1, 0.15) is 27.0 Å². The zero-order chi connectivity index (χ0) is 23.5. The van der Waals surface area contributed by atoms with Crippen molar-refractivity contribution in [2.24, 2.45) is 10.7 Å². The van der Waals surface area contributed by atoms with Crippen LogP contribution in [0.15, 0.2) is 65.7 Å². The molecule has 6 nitrogen and oxygen atoms in total. The number of nitrogens with one attached hydrogen (secondary N) is 2. The average molecular weight is 441 g/mol. The molecule has 0 radical (unpaired) electrons. The van der Waals surface area contributed by atoms with Crippen molar-refractivity contribution in [1.29, 1.82) is 0 Å². The first kappa shape index (κ1) is 22.7. The second-order valence-corrected chi connectivity index (χ2v) is 7.10. The number of nitrogen functional groups attached to an aromatic ring is 1. The molecule has 0 aliphatic carbocycles. The zero-order valence-electron chi connectivity index (χ0n) is 17.4. The Morgan fingerprint density at radius 1 is 1.00 bits per heavy atom. The van der Waals surface area contributed by atoms with E-state index in [1.165, 1.54) is 12.1 Å². The number of benzene rings is 3. The number of aliphatic imine (C=N–C) groups is 1. The number of nitrogens with zero attached hydrogens (tertiary/aromatic N) is 1. The molecule has 32 heavy (non-hydrogen) atoms. The number of alkyl halides is 3. The molecule has 0 spiro atoms. The molecule has 3 aromatic rings. The molecule has 0 unspecified atom stereocenters. The van der Waals surface area contributed by atoms with Crippen molar-refractivity contribution in [2.45, 2.75) is 13.1 Å². The SMILES string of the molecule is CN=C(N)c1ccc(Nc2cc(C(=O)Nc3cccc(C(F)(F)F)c3)ccc2C)cc1N. The smallest absolute Gasteiger partial charge is 0.398 e. The first-order valence-corrected chi connectivity index (χ1v) is 9.57. The highest BCUT2D eigenvalue weighted by Crippen LogP contribution is 2.31. The maximum atomic E-state index is 12.9. The first-order chi connectivity index (χ1) is 15.1. The summed E-state index contributed by atoms with van der Waals surface area (Å²) in [5.41, 5.74) is 14.6. The number of anilines is 4. The zero-order valence-corrected chi connectivity index (χ0v) is 17.4. The predicted molar refractivity (Wildman–Crippen MR) is 121 cm³/mol. The van der Waals surface area contributed by atoms with Crippen LogP contribution >= 0.6 is 0 Å². The lowest BCUT2D eigenvalue weighted by molar-refractivity contribution is -0.137. The van der Waals surface area contributed by atoms with Gasteiger partial charge in [-0.15, -0.1) is 0 Å². The summed E-state index contributed by atoms with van der Waals surface area (Å²) in [6.45, 7) is 1.86. The quantitative estimate of drug-likeness (QED) is 0.256. The molecule has 0 heterocycles. The van der Waals surface area contributed by atoms with E-state index in [1.54, 1.807) is 43.4 Å². The minimum Gasteiger partial charge on any atom is -0.398 e. The van der Waals surface area contributed by atoms with Crippen LogP contribution in [-0.4, -0.2) is 18.8 Å². The molecule has 0 bridgehead atoms. The van der Waals surface area contributed by atoms with Crippen molar-refractivity contribution in [3.8, 4) is 0 Å². The Balaban J connectivity index is 1.81. The van der Waals surface area contributed by atoms with Gasteiger partial charge in [-0.2, -0.15) is 13.2 Å². The third-order valence-corrected chi connectivity index (χ3v) is 4.79. The minimum absolute atomic E-state index is 0.0541. The number of hydrogen-bond donors (Lipinski definition) is 4. The summed E-state index contributed by atoms with van der Waals surface area (Å²) in [7, 11) is 1.57. The number of carbonyl (C=O) groups excluding carboxylic acids is 1. The maximum absolute atomic E-state index is 12.9. The van der Waals surface area contributed by atoms with Crippen molar-refractivity contribution in [2.75, 3.05) is 23.4 Å². The van der Waals surface area contributed by atoms with Crippen molar-refractivity contribution in [3.63, 3.8) is 0 Å². The Hall–Kier alpha value is -4.01. The van der Waals surface area contributed by atoms with Crippen molar-refractivity contribution >= 4 is 34.5 Å². The van der Waals surface area contributed by atoms with E-state index < -0.39 is 17.6 Å². The molecule has 0 saturated heterocycles. The monoisotopic (exact) mass is 441 g/mol. The summed E-state index contributed by atoms with van der Waals surface area (Å²) in [6, 6.07) is 14.6. The number of aryl methyl sites for hydroxylation is 1. The molecule has 0 fully saturated rings. The lowest BCUT2D eigenvalue weighted by atomic mass is 10.1. The number of amidine groups is 1. The van der Waals surface area contributed by atoms with Crippen LogP contribution in [0.25, 0.3) is 0 Å². The van der Waals surface area contributed by atoms with E-state index in [1.807, 2.05) is 6.92 Å². The van der Waals surface area contributed by atoms with Crippen molar-refractivity contribution < 1.29 is 18.0 Å². The summed E-state index contributed by atoms with van der Waals surface area (Å²) < 4.78 is 38.7. The van der Waals surface area contributed by atoms with Crippen LogP contribution in [0.3, 0.4) is 0 Å². The average Bonchev–Trinajstić information content (AvgIpc) is 2.74. The first-order valence-electron chi connectivity index (χ1n) is 9.57. The number of nitrogens with two attached hydrogens (primary N) is 2. The highest BCUT2D eigenvalue weighted by atomic mass is 19.4. The highest BCUT2D eigenvalue weighted by Gasteiger charge is 2.30. The molecule has 1 amide bonds. The van der Waals surface area contributed by atoms with Gasteiger partial charge in [0.1, 0.15) is 5.84 Å². The molecule has 0 aliphatic heterocycles. The van der Waals surface area contributed by atoms with Gasteiger partial charge in [-0.3, -0.25) is 9.79 Å². The molecule has 6 N–H and O–H groups in total. The summed E-state index contributed by atoms with van der Waals surface area (Å²) in [5, 5.41) is 5.70. The van der Waals surface area contributed by atoms with E-state index in [9.17, 15) is 18.0 Å². The van der Waals surface area contributed by atoms with Crippen LogP contribution in [0.4, 0.5) is 35.9 Å². The van der Waals surface area contributed by atoms with Gasteiger partial charge < -0.3 is 22.1 Å². The predicted octanol–water partition coefficient (Wildman–Crippen LogP) is 4.93. The topological polar surface area (TPSA) is 106 Å². The van der Waals surface area contributed by atoms with Crippen LogP contribution < -0.4 is 22.1 Å². The van der Waals surface area contributed by atoms with E-state index in [4.69, 9.17) is 11.5 Å². The van der Waals surface area contributed by atoms with Gasteiger partial charge in [0.25, 0.3) is 5.91 Å². The number of carbonyl (C=O) groups is 1. The Morgan fingerprint density at radius 2 is 1.75 bits per heavy atom. The number of halogens is 3. The molecule has 166 valence electrons. The van der Waals surface area contributed by atoms with E-state index in [0.717, 1.165) is 17.7 Å². The van der Waals surface area contributed by atoms with Crippen molar-refractivity contribution in [1.82, 2.24) is 0 Å². The Bertz CT molecular complexity index is 1190. The summed E-state index contributed by atoms with van der Waals surface area (Å²) in [4.78, 5) is 16.5. The fraction of sp³-hybridized carbons (Fsp3) is 0.130. The Labute approximate surface area is 183 Å². The Kier molecular flexibility index (Phi) is 6.38. The third kappa shape index (κ3) is 5.18. The third-order valence-electron chi connectivity index (χ3n) is 4.79. The standard InChI is InChI=1S/C23H22F3N5O/c1-13-6-7-14(22(32)31-16-5-3-4-15(11-16)23(24,25)26)10-20(13)30-17-8-9-18(19(27)12-17)21(28)29-2/h3-12,30H,27H2,1-2H3,(H2,28,29)(H,31,32). The molecular weight excluding hydrogens is 419 g/mol. The van der Waals surface area contributed by atoms with E-state index >= 15 is 0 Å². The van der Waals surface area contributed by atoms with Crippen LogP contribution in [0.5, 0.6) is 0 Å². The summed E-state index contributed by atoms with van der Waals surface area (Å²) in [6.07, 6.45) is -4.49. The second-order valence-electron chi connectivity index (χ2n) is 7.10. The molecule has 9 heteroatoms. The van der Waals surface area contributed by atoms with Crippen LogP contribution in [0.2, 0.25) is 0 Å². The molecule has 0 atom stereocenters. The molecule has 3 rings (SSSR count). The lowest BCUT2D eigenvalue weighted by Gasteiger charge is -2.14. The molecule has 0 saturated carbocycles. The van der Waals surface area contributed by atoms with Crippen molar-refractivity contribution in [3.05, 3.63) is 82.9 Å². The van der Waals surface area contributed by atoms with Gasteiger partial charge in [0, 0.05) is 40.9 Å². The Morgan fingerprint density at radius 3 is 2.41 bits per heavy atom. The maximum Gasteiger partial charge on any atom is 0.416 e. The van der Waals surface area contributed by atoms with Gasteiger partial charge in [0.15, 0.2) is 0 Å². The summed E-state index contributed by atoms with van der Waals surface area (Å²) >= 11 is 0. The van der Waals surface area contributed by atoms with Gasteiger partial charge >= 0.3 is 6.18 Å². The normalized spacial score (nSPS) is 11.8. The van der Waals surface area contributed by atoms with E-state index in [2.05, 4.69) is 15.6 Å². The number of hydrogen-bond acceptors (Lipinski definition) is 4. The van der Waals surface area contributed by atoms with Crippen LogP contribution in [-0.2, 0) is 6.18 Å². The van der Waals surface area contributed by atoms with Gasteiger partial charge in [0.2, 0.25) is 0 Å². The molecule has 3 aromatic carbocycles. The fourth-order valence-electron chi connectivity index (χ4n) is 3.02. The molecule has 0 aromatic heterocycles. The van der Waals surface area contributed by atoms with E-state index in [-0.39, 0.29) is 11.3 Å². The number of amides is 1. The minimum atomic E-state index is -4.49. The lowest BCUT2D eigenvalue weighted by Crippen LogP contribution is -2.15. The van der Waals surface area contributed by atoms with Gasteiger partial charge in [-0.1, -0.05) is 12.1 Å². The highest BCUT2D eigenvalue weighted by molar-refractivity contribution is 6.05. The van der Waals surface area contributed by atoms with Gasteiger partial charge in [-0.05, 0) is 61.0 Å². The molecule has 0 aliphatic rings. The van der Waals surface area contributed by atoms with Gasteiger partial charge in [0.05, 0.1) is 5.56 Å². The van der Waals surface area contributed by atoms with Crippen LogP contribution in [0, 0.1) is 6.92 Å². The summed E-state index contributed by atoms with van der Waals surface area (Å²) in [5.74, 6) is -0.215. The molecular formula is C23H22F3N5O. The fourth-order valence-corrected chi connectivity index (χ4v) is 3.02. The number of rotatable bonds is 5. The largest absolute Gasteiger partial charge is 0.416 e. The van der Waals surface area contributed by atoms with Gasteiger partial charge in [-0.25, -0.2) is 0 Å².